The van der Waals surface area contributed by atoms with Gasteiger partial charge in [0.25, 0.3) is 0 Å². The zero-order valence-electron chi connectivity index (χ0n) is 5.91. The first-order valence-corrected chi connectivity index (χ1v) is 4.75. The molecule has 0 N–H and O–H groups in total. The number of hydrogen-bond acceptors (Lipinski definition) is 3. The molecule has 0 aromatic carbocycles. The topological polar surface area (TPSA) is 47.6 Å². The second-order valence-corrected chi connectivity index (χ2v) is 3.55. The minimum Gasteiger partial charge on any atom is -0.192 e. The minimum absolute atomic E-state index is 0.120. The molecule has 0 aliphatic rings. The molecule has 0 aliphatic heterocycles. The van der Waals surface area contributed by atoms with Crippen LogP contribution in [0.3, 0.4) is 0 Å². The lowest BCUT2D eigenvalue weighted by Gasteiger charge is -1.85. The molecule has 12 heavy (non-hydrogen) atoms. The molecule has 0 unspecified atom stereocenters. The van der Waals surface area contributed by atoms with Gasteiger partial charge in [0.2, 0.25) is 0 Å². The number of nitriles is 2. The van der Waals surface area contributed by atoms with Crippen molar-refractivity contribution < 1.29 is 0 Å². The van der Waals surface area contributed by atoms with Crippen LogP contribution in [-0.4, -0.2) is 0 Å². The van der Waals surface area contributed by atoms with E-state index in [1.165, 1.54) is 11.3 Å². The molecule has 0 spiro atoms. The molecule has 1 rings (SSSR count). The average Bonchev–Trinajstić information content (AvgIpc) is 2.47. The highest BCUT2D eigenvalue weighted by Gasteiger charge is 1.99. The van der Waals surface area contributed by atoms with Crippen LogP contribution >= 0.6 is 27.3 Å². The van der Waals surface area contributed by atoms with Gasteiger partial charge in [0.15, 0.2) is 0 Å². The lowest BCUT2D eigenvalue weighted by molar-refractivity contribution is 1.47. The SMILES string of the molecule is N#CC(C#N)=Cc1cscc1Br. The molecular weight excluding hydrogens is 236 g/mol. The number of halogens is 1. The predicted molar refractivity (Wildman–Crippen MR) is 51.2 cm³/mol. The molecule has 0 saturated heterocycles. The third-order valence-corrected chi connectivity index (χ3v) is 2.93. The summed E-state index contributed by atoms with van der Waals surface area (Å²) in [4.78, 5) is 0. The Morgan fingerprint density at radius 3 is 2.50 bits per heavy atom. The first-order chi connectivity index (χ1) is 5.77. The summed E-state index contributed by atoms with van der Waals surface area (Å²) in [5, 5.41) is 20.7. The summed E-state index contributed by atoms with van der Waals surface area (Å²) in [6.07, 6.45) is 1.56. The summed E-state index contributed by atoms with van der Waals surface area (Å²) < 4.78 is 0.913. The Hall–Kier alpha value is -1.10. The van der Waals surface area contributed by atoms with Gasteiger partial charge in [0.05, 0.1) is 0 Å². The molecular formula is C8H3BrN2S. The molecule has 0 fully saturated rings. The first kappa shape index (κ1) is 8.99. The number of hydrogen-bond donors (Lipinski definition) is 0. The van der Waals surface area contributed by atoms with Crippen LogP contribution in [0.4, 0.5) is 0 Å². The summed E-state index contributed by atoms with van der Waals surface area (Å²) in [5.41, 5.74) is 0.993. The van der Waals surface area contributed by atoms with Crippen molar-refractivity contribution in [1.29, 1.82) is 10.5 Å². The van der Waals surface area contributed by atoms with Crippen LogP contribution in [-0.2, 0) is 0 Å². The van der Waals surface area contributed by atoms with Gasteiger partial charge in [0.1, 0.15) is 17.7 Å². The van der Waals surface area contributed by atoms with E-state index in [-0.39, 0.29) is 5.57 Å². The fourth-order valence-corrected chi connectivity index (χ4v) is 2.01. The highest BCUT2D eigenvalue weighted by molar-refractivity contribution is 9.10. The van der Waals surface area contributed by atoms with Crippen molar-refractivity contribution in [1.82, 2.24) is 0 Å². The highest BCUT2D eigenvalue weighted by atomic mass is 79.9. The van der Waals surface area contributed by atoms with Crippen molar-refractivity contribution in [3.05, 3.63) is 26.4 Å². The zero-order chi connectivity index (χ0) is 8.97. The van der Waals surface area contributed by atoms with E-state index in [4.69, 9.17) is 10.5 Å². The predicted octanol–water partition coefficient (Wildman–Crippen LogP) is 2.94. The maximum atomic E-state index is 8.46. The quantitative estimate of drug-likeness (QED) is 0.707. The van der Waals surface area contributed by atoms with Crippen LogP contribution in [0.1, 0.15) is 5.56 Å². The van der Waals surface area contributed by atoms with Crippen molar-refractivity contribution in [2.75, 3.05) is 0 Å². The summed E-state index contributed by atoms with van der Waals surface area (Å²) in [6.45, 7) is 0. The third kappa shape index (κ3) is 1.94. The second kappa shape index (κ2) is 4.06. The average molecular weight is 239 g/mol. The molecule has 58 valence electrons. The zero-order valence-corrected chi connectivity index (χ0v) is 8.32. The van der Waals surface area contributed by atoms with Gasteiger partial charge < -0.3 is 0 Å². The summed E-state index contributed by atoms with van der Waals surface area (Å²) in [6, 6.07) is 3.60. The second-order valence-electron chi connectivity index (χ2n) is 1.96. The molecule has 0 bridgehead atoms. The van der Waals surface area contributed by atoms with Crippen LogP contribution in [0.5, 0.6) is 0 Å². The largest absolute Gasteiger partial charge is 0.192 e. The molecule has 0 saturated carbocycles. The van der Waals surface area contributed by atoms with Gasteiger partial charge in [-0.05, 0) is 27.4 Å². The lowest BCUT2D eigenvalue weighted by atomic mass is 10.2. The van der Waals surface area contributed by atoms with Crippen LogP contribution < -0.4 is 0 Å². The first-order valence-electron chi connectivity index (χ1n) is 3.01. The smallest absolute Gasteiger partial charge is 0.130 e. The van der Waals surface area contributed by atoms with Gasteiger partial charge in [-0.25, -0.2) is 0 Å². The fourth-order valence-electron chi connectivity index (χ4n) is 0.639. The molecule has 2 nitrogen and oxygen atoms in total. The molecule has 1 aromatic heterocycles. The molecule has 4 heteroatoms. The van der Waals surface area contributed by atoms with E-state index in [1.54, 1.807) is 18.2 Å². The highest BCUT2D eigenvalue weighted by Crippen LogP contribution is 2.23. The van der Waals surface area contributed by atoms with E-state index < -0.39 is 0 Å². The Labute approximate surface area is 82.5 Å². The van der Waals surface area contributed by atoms with E-state index in [1.807, 2.05) is 10.8 Å². The van der Waals surface area contributed by atoms with Gasteiger partial charge in [-0.2, -0.15) is 21.9 Å². The van der Waals surface area contributed by atoms with Crippen LogP contribution in [0.25, 0.3) is 6.08 Å². The molecule has 0 aliphatic carbocycles. The Balaban J connectivity index is 3.05. The van der Waals surface area contributed by atoms with Crippen LogP contribution in [0.15, 0.2) is 20.8 Å². The molecule has 0 atom stereocenters. The molecule has 0 amide bonds. The van der Waals surface area contributed by atoms with Crippen molar-refractivity contribution in [3.8, 4) is 12.1 Å². The minimum atomic E-state index is 0.120. The van der Waals surface area contributed by atoms with Crippen LogP contribution in [0.2, 0.25) is 0 Å². The normalized spacial score (nSPS) is 8.25. The van der Waals surface area contributed by atoms with E-state index in [2.05, 4.69) is 15.9 Å². The van der Waals surface area contributed by atoms with Crippen molar-refractivity contribution in [3.63, 3.8) is 0 Å². The Morgan fingerprint density at radius 1 is 1.42 bits per heavy atom. The van der Waals surface area contributed by atoms with Gasteiger partial charge >= 0.3 is 0 Å². The Kier molecular flexibility index (Phi) is 3.04. The van der Waals surface area contributed by atoms with Gasteiger partial charge in [-0.15, -0.1) is 0 Å². The van der Waals surface area contributed by atoms with Gasteiger partial charge in [-0.3, -0.25) is 0 Å². The fraction of sp³-hybridized carbons (Fsp3) is 0. The Bertz CT molecular complexity index is 376. The molecule has 1 aromatic rings. The van der Waals surface area contributed by atoms with Crippen molar-refractivity contribution in [2.45, 2.75) is 0 Å². The van der Waals surface area contributed by atoms with E-state index in [9.17, 15) is 0 Å². The summed E-state index contributed by atoms with van der Waals surface area (Å²) in [7, 11) is 0. The number of rotatable bonds is 1. The van der Waals surface area contributed by atoms with Crippen molar-refractivity contribution in [2.24, 2.45) is 0 Å². The summed E-state index contributed by atoms with van der Waals surface area (Å²) >= 11 is 4.82. The Morgan fingerprint density at radius 2 is 2.08 bits per heavy atom. The number of thiophene rings is 1. The van der Waals surface area contributed by atoms with E-state index >= 15 is 0 Å². The number of allylic oxidation sites excluding steroid dienone is 1. The van der Waals surface area contributed by atoms with Gasteiger partial charge in [-0.1, -0.05) is 0 Å². The molecule has 0 radical (unpaired) electrons. The monoisotopic (exact) mass is 238 g/mol. The van der Waals surface area contributed by atoms with Gasteiger partial charge in [0, 0.05) is 15.4 Å². The maximum absolute atomic E-state index is 8.46. The van der Waals surface area contributed by atoms with Crippen LogP contribution in [0, 0.1) is 22.7 Å². The summed E-state index contributed by atoms with van der Waals surface area (Å²) in [5.74, 6) is 0. The van der Waals surface area contributed by atoms with Crippen molar-refractivity contribution >= 4 is 33.3 Å². The maximum Gasteiger partial charge on any atom is 0.130 e. The lowest BCUT2D eigenvalue weighted by Crippen LogP contribution is -1.72. The van der Waals surface area contributed by atoms with E-state index in [0.717, 1.165) is 10.0 Å². The third-order valence-electron chi connectivity index (χ3n) is 1.18. The number of nitrogens with zero attached hydrogens (tertiary/aromatic N) is 2. The standard InChI is InChI=1S/C8H3BrN2S/c9-8-5-12-4-7(8)1-6(2-10)3-11/h1,4-5H. The molecule has 1 heterocycles. The van der Waals surface area contributed by atoms with E-state index in [0.29, 0.717) is 0 Å².